The Labute approximate surface area is 128 Å². The summed E-state index contributed by atoms with van der Waals surface area (Å²) in [6, 6.07) is 11.0. The van der Waals surface area contributed by atoms with Crippen molar-refractivity contribution in [3.63, 3.8) is 0 Å². The van der Waals surface area contributed by atoms with Gasteiger partial charge in [-0.25, -0.2) is 0 Å². The number of nitrogens with two attached hydrogens (primary N) is 1. The second-order valence-electron chi connectivity index (χ2n) is 6.30. The van der Waals surface area contributed by atoms with Crippen LogP contribution in [0, 0.1) is 5.41 Å². The van der Waals surface area contributed by atoms with E-state index >= 15 is 0 Å². The van der Waals surface area contributed by atoms with Crippen molar-refractivity contribution in [1.82, 2.24) is 4.90 Å². The van der Waals surface area contributed by atoms with Gasteiger partial charge in [0.15, 0.2) is 0 Å². The summed E-state index contributed by atoms with van der Waals surface area (Å²) in [7, 11) is 0. The maximum Gasteiger partial charge on any atom is 0.0746 e. The van der Waals surface area contributed by atoms with Crippen LogP contribution in [-0.4, -0.2) is 23.0 Å². The maximum atomic E-state index is 5.82. The summed E-state index contributed by atoms with van der Waals surface area (Å²) in [5.74, 6) is 0. The van der Waals surface area contributed by atoms with Crippen LogP contribution in [-0.2, 0) is 0 Å². The molecule has 1 aliphatic rings. The Morgan fingerprint density at radius 1 is 1.30 bits per heavy atom. The highest BCUT2D eigenvalue weighted by molar-refractivity contribution is 7.80. The van der Waals surface area contributed by atoms with Crippen LogP contribution < -0.4 is 5.73 Å². The van der Waals surface area contributed by atoms with E-state index in [0.29, 0.717) is 16.4 Å². The molecular formula is C17H26N2S. The molecule has 1 fully saturated rings. The molecular weight excluding hydrogens is 264 g/mol. The molecule has 1 atom stereocenters. The molecule has 110 valence electrons. The van der Waals surface area contributed by atoms with Crippen molar-refractivity contribution in [2.24, 2.45) is 11.1 Å². The lowest BCUT2D eigenvalue weighted by Crippen LogP contribution is -2.41. The van der Waals surface area contributed by atoms with E-state index < -0.39 is 0 Å². The van der Waals surface area contributed by atoms with Gasteiger partial charge < -0.3 is 5.73 Å². The van der Waals surface area contributed by atoms with E-state index in [0.717, 1.165) is 19.5 Å². The molecule has 2 N–H and O–H groups in total. The number of hydrogen-bond acceptors (Lipinski definition) is 2. The van der Waals surface area contributed by atoms with Crippen molar-refractivity contribution in [3.05, 3.63) is 35.9 Å². The average molecular weight is 290 g/mol. The monoisotopic (exact) mass is 290 g/mol. The van der Waals surface area contributed by atoms with E-state index in [2.05, 4.69) is 49.1 Å². The molecule has 0 saturated carbocycles. The second kappa shape index (κ2) is 6.68. The average Bonchev–Trinajstić information content (AvgIpc) is 2.47. The lowest BCUT2D eigenvalue weighted by Gasteiger charge is -2.42. The molecule has 3 heteroatoms. The molecule has 1 aromatic carbocycles. The van der Waals surface area contributed by atoms with Gasteiger partial charge in [-0.2, -0.15) is 0 Å². The van der Waals surface area contributed by atoms with Gasteiger partial charge in [-0.1, -0.05) is 62.8 Å². The van der Waals surface area contributed by atoms with Crippen LogP contribution in [0.4, 0.5) is 0 Å². The number of benzene rings is 1. The van der Waals surface area contributed by atoms with Gasteiger partial charge in [0.25, 0.3) is 0 Å². The normalized spacial score (nSPS) is 20.5. The number of thiocarbonyl (C=S) groups is 1. The Morgan fingerprint density at radius 3 is 2.40 bits per heavy atom. The van der Waals surface area contributed by atoms with Crippen LogP contribution in [0.3, 0.4) is 0 Å². The largest absolute Gasteiger partial charge is 0.393 e. The van der Waals surface area contributed by atoms with Crippen molar-refractivity contribution in [1.29, 1.82) is 0 Å². The summed E-state index contributed by atoms with van der Waals surface area (Å²) in [5.41, 5.74) is 7.67. The molecule has 1 unspecified atom stereocenters. The highest BCUT2D eigenvalue weighted by Gasteiger charge is 2.32. The number of likely N-dealkylation sites (tertiary alicyclic amines) is 1. The molecule has 0 radical (unpaired) electrons. The van der Waals surface area contributed by atoms with E-state index in [1.807, 2.05) is 0 Å². The number of rotatable bonds is 5. The first-order chi connectivity index (χ1) is 9.54. The van der Waals surface area contributed by atoms with Crippen molar-refractivity contribution in [2.75, 3.05) is 13.1 Å². The Balaban J connectivity index is 2.11. The van der Waals surface area contributed by atoms with Gasteiger partial charge >= 0.3 is 0 Å². The molecule has 0 aromatic heterocycles. The maximum absolute atomic E-state index is 5.82. The molecule has 1 aromatic rings. The van der Waals surface area contributed by atoms with Crippen molar-refractivity contribution in [3.8, 4) is 0 Å². The molecule has 0 amide bonds. The van der Waals surface area contributed by atoms with Gasteiger partial charge in [-0.3, -0.25) is 4.90 Å². The van der Waals surface area contributed by atoms with E-state index in [4.69, 9.17) is 18.0 Å². The predicted molar refractivity (Wildman–Crippen MR) is 89.8 cm³/mol. The summed E-state index contributed by atoms with van der Waals surface area (Å²) in [6.07, 6.45) is 4.59. The molecule has 2 nitrogen and oxygen atoms in total. The predicted octanol–water partition coefficient (Wildman–Crippen LogP) is 3.92. The van der Waals surface area contributed by atoms with Gasteiger partial charge in [0.1, 0.15) is 0 Å². The Kier molecular flexibility index (Phi) is 5.17. The van der Waals surface area contributed by atoms with E-state index in [1.165, 1.54) is 24.8 Å². The van der Waals surface area contributed by atoms with Crippen molar-refractivity contribution < 1.29 is 0 Å². The zero-order valence-corrected chi connectivity index (χ0v) is 13.5. The van der Waals surface area contributed by atoms with Gasteiger partial charge in [0.2, 0.25) is 0 Å². The number of hydrogen-bond donors (Lipinski definition) is 1. The molecule has 2 rings (SSSR count). The Morgan fingerprint density at radius 2 is 1.90 bits per heavy atom. The first kappa shape index (κ1) is 15.5. The van der Waals surface area contributed by atoms with Crippen molar-refractivity contribution >= 4 is 17.2 Å². The first-order valence-corrected chi connectivity index (χ1v) is 8.02. The SMILES string of the molecule is CCC1(C)CCN(C(CC(N)=S)c2ccccc2)CC1. The van der Waals surface area contributed by atoms with Crippen LogP contribution in [0.1, 0.15) is 51.1 Å². The minimum absolute atomic E-state index is 0.343. The first-order valence-electron chi connectivity index (χ1n) is 7.61. The van der Waals surface area contributed by atoms with E-state index in [1.54, 1.807) is 0 Å². The fraction of sp³-hybridized carbons (Fsp3) is 0.588. The van der Waals surface area contributed by atoms with Crippen LogP contribution in [0.5, 0.6) is 0 Å². The minimum Gasteiger partial charge on any atom is -0.393 e. The fourth-order valence-corrected chi connectivity index (χ4v) is 3.21. The lowest BCUT2D eigenvalue weighted by atomic mass is 9.77. The van der Waals surface area contributed by atoms with Gasteiger partial charge in [-0.15, -0.1) is 0 Å². The number of nitrogens with zero attached hydrogens (tertiary/aromatic N) is 1. The molecule has 1 saturated heterocycles. The molecule has 0 spiro atoms. The minimum atomic E-state index is 0.343. The molecule has 1 heterocycles. The van der Waals surface area contributed by atoms with Crippen LogP contribution in [0.2, 0.25) is 0 Å². The Hall–Kier alpha value is -0.930. The lowest BCUT2D eigenvalue weighted by molar-refractivity contribution is 0.0825. The smallest absolute Gasteiger partial charge is 0.0746 e. The Bertz CT molecular complexity index is 436. The highest BCUT2D eigenvalue weighted by atomic mass is 32.1. The fourth-order valence-electron chi connectivity index (χ4n) is 3.05. The van der Waals surface area contributed by atoms with Gasteiger partial charge in [0, 0.05) is 12.5 Å². The third kappa shape index (κ3) is 3.80. The quantitative estimate of drug-likeness (QED) is 0.834. The zero-order chi connectivity index (χ0) is 14.6. The van der Waals surface area contributed by atoms with Crippen LogP contribution in [0.25, 0.3) is 0 Å². The van der Waals surface area contributed by atoms with E-state index in [9.17, 15) is 0 Å². The van der Waals surface area contributed by atoms with Gasteiger partial charge in [-0.05, 0) is 36.9 Å². The van der Waals surface area contributed by atoms with E-state index in [-0.39, 0.29) is 0 Å². The highest BCUT2D eigenvalue weighted by Crippen LogP contribution is 2.37. The summed E-state index contributed by atoms with van der Waals surface area (Å²) >= 11 is 5.16. The zero-order valence-electron chi connectivity index (χ0n) is 12.6. The molecule has 20 heavy (non-hydrogen) atoms. The third-order valence-electron chi connectivity index (χ3n) is 4.88. The van der Waals surface area contributed by atoms with Crippen molar-refractivity contribution in [2.45, 2.75) is 45.6 Å². The van der Waals surface area contributed by atoms with Gasteiger partial charge in [0.05, 0.1) is 4.99 Å². The summed E-state index contributed by atoms with van der Waals surface area (Å²) < 4.78 is 0. The molecule has 1 aliphatic heterocycles. The summed E-state index contributed by atoms with van der Waals surface area (Å²) in [5, 5.41) is 0. The topological polar surface area (TPSA) is 29.3 Å². The molecule has 0 aliphatic carbocycles. The van der Waals surface area contributed by atoms with Crippen LogP contribution >= 0.6 is 12.2 Å². The summed E-state index contributed by atoms with van der Waals surface area (Å²) in [6.45, 7) is 7.01. The number of piperidine rings is 1. The summed E-state index contributed by atoms with van der Waals surface area (Å²) in [4.78, 5) is 3.18. The van der Waals surface area contributed by atoms with Crippen LogP contribution in [0.15, 0.2) is 30.3 Å². The third-order valence-corrected chi connectivity index (χ3v) is 5.05. The second-order valence-corrected chi connectivity index (χ2v) is 6.82. The molecule has 0 bridgehead atoms. The standard InChI is InChI=1S/C17H26N2S/c1-3-17(2)9-11-19(12-10-17)15(13-16(18)20)14-7-5-4-6-8-14/h4-8,15H,3,9-13H2,1-2H3,(H2,18,20).